The van der Waals surface area contributed by atoms with Crippen LogP contribution in [0.5, 0.6) is 0 Å². The van der Waals surface area contributed by atoms with Crippen molar-refractivity contribution in [2.24, 2.45) is 5.92 Å². The smallest absolute Gasteiger partial charge is 0.305 e. The molecule has 0 aliphatic rings. The van der Waals surface area contributed by atoms with Crippen molar-refractivity contribution in [3.8, 4) is 0 Å². The monoisotopic (exact) mass is 496 g/mol. The van der Waals surface area contributed by atoms with Crippen molar-refractivity contribution in [2.45, 2.75) is 168 Å². The Kier molecular flexibility index (Phi) is 26.7. The molecule has 0 saturated heterocycles. The summed E-state index contributed by atoms with van der Waals surface area (Å²) in [4.78, 5) is 23.4. The Bertz CT molecular complexity index is 461. The van der Waals surface area contributed by atoms with Gasteiger partial charge in [0.1, 0.15) is 0 Å². The second-order valence-corrected chi connectivity index (χ2v) is 10.8. The van der Waals surface area contributed by atoms with Crippen LogP contribution in [0.4, 0.5) is 0 Å². The molecule has 0 aromatic carbocycles. The minimum absolute atomic E-state index is 0.134. The highest BCUT2D eigenvalue weighted by Gasteiger charge is 2.06. The molecule has 0 spiro atoms. The maximum absolute atomic E-state index is 11.8. The molecule has 0 amide bonds. The van der Waals surface area contributed by atoms with Crippen LogP contribution in [0.1, 0.15) is 168 Å². The van der Waals surface area contributed by atoms with E-state index in [1.165, 1.54) is 103 Å². The Labute approximate surface area is 218 Å². The second kappa shape index (κ2) is 27.5. The topological polar surface area (TPSA) is 52.6 Å². The van der Waals surface area contributed by atoms with Gasteiger partial charge in [-0.15, -0.1) is 0 Å². The van der Waals surface area contributed by atoms with Crippen molar-refractivity contribution in [2.75, 3.05) is 13.2 Å². The fourth-order valence-corrected chi connectivity index (χ4v) is 4.28. The Morgan fingerprint density at radius 2 is 0.829 bits per heavy atom. The summed E-state index contributed by atoms with van der Waals surface area (Å²) >= 11 is 0. The van der Waals surface area contributed by atoms with Crippen LogP contribution in [0.15, 0.2) is 0 Å². The molecule has 0 heterocycles. The first-order valence-corrected chi connectivity index (χ1v) is 15.4. The molecule has 0 aromatic heterocycles. The van der Waals surface area contributed by atoms with E-state index < -0.39 is 0 Å². The zero-order chi connectivity index (χ0) is 25.8. The Balaban J connectivity index is 3.21. The summed E-state index contributed by atoms with van der Waals surface area (Å²) in [6.45, 7) is 7.54. The molecule has 0 unspecified atom stereocenters. The first-order chi connectivity index (χ1) is 17.1. The highest BCUT2D eigenvalue weighted by Crippen LogP contribution is 2.14. The molecule has 0 bridgehead atoms. The van der Waals surface area contributed by atoms with Gasteiger partial charge in [0.2, 0.25) is 0 Å². The molecule has 0 saturated carbocycles. The van der Waals surface area contributed by atoms with E-state index in [0.29, 0.717) is 44.8 Å². The van der Waals surface area contributed by atoms with Gasteiger partial charge in [-0.1, -0.05) is 130 Å². The predicted molar refractivity (Wildman–Crippen MR) is 149 cm³/mol. The molecule has 0 aliphatic heterocycles. The fourth-order valence-electron chi connectivity index (χ4n) is 4.28. The Morgan fingerprint density at radius 1 is 0.486 bits per heavy atom. The number of rotatable bonds is 27. The molecular formula is C31H60O4. The van der Waals surface area contributed by atoms with Gasteiger partial charge in [0.05, 0.1) is 13.2 Å². The molecule has 4 nitrogen and oxygen atoms in total. The number of hydrogen-bond donors (Lipinski definition) is 0. The van der Waals surface area contributed by atoms with Crippen molar-refractivity contribution < 1.29 is 19.1 Å². The molecule has 0 atom stereocenters. The maximum Gasteiger partial charge on any atom is 0.305 e. The summed E-state index contributed by atoms with van der Waals surface area (Å²) in [6.07, 6.45) is 27.5. The lowest BCUT2D eigenvalue weighted by molar-refractivity contribution is -0.146. The average molecular weight is 497 g/mol. The fraction of sp³-hybridized carbons (Fsp3) is 0.935. The van der Waals surface area contributed by atoms with Gasteiger partial charge in [-0.3, -0.25) is 9.59 Å². The zero-order valence-electron chi connectivity index (χ0n) is 23.9. The van der Waals surface area contributed by atoms with Crippen LogP contribution in [0.2, 0.25) is 0 Å². The largest absolute Gasteiger partial charge is 0.466 e. The van der Waals surface area contributed by atoms with Crippen molar-refractivity contribution in [1.29, 1.82) is 0 Å². The van der Waals surface area contributed by atoms with Gasteiger partial charge in [0.25, 0.3) is 0 Å². The molecule has 4 heteroatoms. The second-order valence-electron chi connectivity index (χ2n) is 10.8. The summed E-state index contributed by atoms with van der Waals surface area (Å²) < 4.78 is 10.5. The number of hydrogen-bond acceptors (Lipinski definition) is 4. The normalized spacial score (nSPS) is 11.2. The molecule has 0 fully saturated rings. The summed E-state index contributed by atoms with van der Waals surface area (Å²) in [5.74, 6) is 0.254. The minimum atomic E-state index is -0.155. The van der Waals surface area contributed by atoms with Crippen LogP contribution < -0.4 is 0 Å². The third kappa shape index (κ3) is 29.1. The minimum Gasteiger partial charge on any atom is -0.466 e. The highest BCUT2D eigenvalue weighted by molar-refractivity contribution is 5.70. The highest BCUT2D eigenvalue weighted by atomic mass is 16.5. The molecule has 208 valence electrons. The van der Waals surface area contributed by atoms with Crippen LogP contribution >= 0.6 is 0 Å². The van der Waals surface area contributed by atoms with E-state index >= 15 is 0 Å². The Hall–Kier alpha value is -1.06. The Morgan fingerprint density at radius 3 is 1.20 bits per heavy atom. The van der Waals surface area contributed by atoms with Crippen LogP contribution in [-0.4, -0.2) is 25.2 Å². The SMILES string of the molecule is CCCCCCCCCCCCCCCCCCCCOC(=O)CCCCC(=O)OCCC(C)C. The number of carbonyl (C=O) groups excluding carboxylic acids is 2. The quantitative estimate of drug-likeness (QED) is 0.0838. The van der Waals surface area contributed by atoms with Gasteiger partial charge in [-0.2, -0.15) is 0 Å². The van der Waals surface area contributed by atoms with Crippen LogP contribution in [0, 0.1) is 5.92 Å². The van der Waals surface area contributed by atoms with Crippen molar-refractivity contribution in [1.82, 2.24) is 0 Å². The summed E-state index contributed by atoms with van der Waals surface area (Å²) in [5, 5.41) is 0. The third-order valence-corrected chi connectivity index (χ3v) is 6.73. The van der Waals surface area contributed by atoms with E-state index in [1.807, 2.05) is 0 Å². The van der Waals surface area contributed by atoms with Crippen molar-refractivity contribution in [3.05, 3.63) is 0 Å². The lowest BCUT2D eigenvalue weighted by Crippen LogP contribution is -2.08. The van der Waals surface area contributed by atoms with Crippen LogP contribution in [0.25, 0.3) is 0 Å². The number of esters is 2. The van der Waals surface area contributed by atoms with Crippen LogP contribution in [-0.2, 0) is 19.1 Å². The van der Waals surface area contributed by atoms with E-state index in [0.717, 1.165) is 19.3 Å². The molecular weight excluding hydrogens is 436 g/mol. The average Bonchev–Trinajstić information content (AvgIpc) is 2.83. The number of carbonyl (C=O) groups is 2. The molecule has 35 heavy (non-hydrogen) atoms. The summed E-state index contributed by atoms with van der Waals surface area (Å²) in [7, 11) is 0. The van der Waals surface area contributed by atoms with Crippen molar-refractivity contribution >= 4 is 11.9 Å². The van der Waals surface area contributed by atoms with Gasteiger partial charge >= 0.3 is 11.9 Å². The third-order valence-electron chi connectivity index (χ3n) is 6.73. The molecule has 0 N–H and O–H groups in total. The molecule has 0 aromatic rings. The first kappa shape index (κ1) is 33.9. The lowest BCUT2D eigenvalue weighted by atomic mass is 10.0. The number of unbranched alkanes of at least 4 members (excludes halogenated alkanes) is 18. The summed E-state index contributed by atoms with van der Waals surface area (Å²) in [5.41, 5.74) is 0. The van der Waals surface area contributed by atoms with Gasteiger partial charge in [0.15, 0.2) is 0 Å². The zero-order valence-corrected chi connectivity index (χ0v) is 23.9. The first-order valence-electron chi connectivity index (χ1n) is 15.4. The number of ether oxygens (including phenoxy) is 2. The maximum atomic E-state index is 11.8. The van der Waals surface area contributed by atoms with E-state index in [9.17, 15) is 9.59 Å². The van der Waals surface area contributed by atoms with Crippen molar-refractivity contribution in [3.63, 3.8) is 0 Å². The van der Waals surface area contributed by atoms with E-state index in [2.05, 4.69) is 20.8 Å². The van der Waals surface area contributed by atoms with Gasteiger partial charge in [-0.05, 0) is 31.6 Å². The van der Waals surface area contributed by atoms with Crippen LogP contribution in [0.3, 0.4) is 0 Å². The van der Waals surface area contributed by atoms with Gasteiger partial charge in [-0.25, -0.2) is 0 Å². The standard InChI is InChI=1S/C31H60O4/c1-4-5-6-7-8-9-10-11-12-13-14-15-16-17-18-19-20-23-27-34-30(32)24-21-22-25-31(33)35-28-26-29(2)3/h29H,4-28H2,1-3H3. The molecule has 0 radical (unpaired) electrons. The van der Waals surface area contributed by atoms with E-state index in [1.54, 1.807) is 0 Å². The molecule has 0 rings (SSSR count). The lowest BCUT2D eigenvalue weighted by Gasteiger charge is -2.07. The van der Waals surface area contributed by atoms with Gasteiger partial charge in [0, 0.05) is 12.8 Å². The summed E-state index contributed by atoms with van der Waals surface area (Å²) in [6, 6.07) is 0. The van der Waals surface area contributed by atoms with Gasteiger partial charge < -0.3 is 9.47 Å². The molecule has 0 aliphatic carbocycles. The van der Waals surface area contributed by atoms with E-state index in [4.69, 9.17) is 9.47 Å². The van der Waals surface area contributed by atoms with E-state index in [-0.39, 0.29) is 11.9 Å². The predicted octanol–water partition coefficient (Wildman–Crippen LogP) is 9.72.